The lowest BCUT2D eigenvalue weighted by molar-refractivity contribution is -0.136. The molecule has 1 aliphatic carbocycles. The summed E-state index contributed by atoms with van der Waals surface area (Å²) in [6.07, 6.45) is 4.98. The molecule has 0 bridgehead atoms. The summed E-state index contributed by atoms with van der Waals surface area (Å²) in [6, 6.07) is 2.75. The van der Waals surface area contributed by atoms with E-state index in [-0.39, 0.29) is 18.4 Å². The van der Waals surface area contributed by atoms with Gasteiger partial charge >= 0.3 is 5.97 Å². The molecule has 3 rings (SSSR count). The molecule has 0 saturated carbocycles. The van der Waals surface area contributed by atoms with Crippen LogP contribution in [0.3, 0.4) is 0 Å². The fourth-order valence-corrected chi connectivity index (χ4v) is 5.30. The molecule has 1 aliphatic rings. The van der Waals surface area contributed by atoms with Crippen LogP contribution < -0.4 is 0 Å². The normalized spacial score (nSPS) is 17.0. The number of imidazole rings is 1. The first-order valence-corrected chi connectivity index (χ1v) is 9.77. The van der Waals surface area contributed by atoms with Crippen LogP contribution in [0, 0.1) is 11.6 Å². The lowest BCUT2D eigenvalue weighted by atomic mass is 10.1. The second-order valence-corrected chi connectivity index (χ2v) is 7.96. The van der Waals surface area contributed by atoms with Gasteiger partial charge in [-0.3, -0.25) is 4.79 Å². The Bertz CT molecular complexity index is 773. The minimum Gasteiger partial charge on any atom is -0.480 e. The van der Waals surface area contributed by atoms with Gasteiger partial charge in [0.15, 0.2) is 16.8 Å². The molecule has 1 heterocycles. The minimum absolute atomic E-state index is 0. The molecule has 1 N–H and O–H groups in total. The first kappa shape index (κ1) is 20.1. The molecule has 2 unspecified atom stereocenters. The molecular weight excluding hydrogens is 390 g/mol. The highest BCUT2D eigenvalue weighted by molar-refractivity contribution is 8.77. The number of aliphatic carboxylic acids is 1. The van der Waals surface area contributed by atoms with Crippen molar-refractivity contribution in [2.45, 2.75) is 42.6 Å². The van der Waals surface area contributed by atoms with Crippen LogP contribution in [-0.2, 0) is 17.6 Å². The summed E-state index contributed by atoms with van der Waals surface area (Å²) < 4.78 is 29.2. The lowest BCUT2D eigenvalue weighted by Crippen LogP contribution is -2.14. The molecule has 0 amide bonds. The molecule has 0 fully saturated rings. The quantitative estimate of drug-likeness (QED) is 0.714. The predicted octanol–water partition coefficient (Wildman–Crippen LogP) is 4.53. The van der Waals surface area contributed by atoms with Gasteiger partial charge in [0, 0.05) is 18.4 Å². The number of carboxylic acids is 1. The molecule has 2 aromatic rings. The Kier molecular flexibility index (Phi) is 6.76. The fourth-order valence-electron chi connectivity index (χ4n) is 2.83. The predicted molar refractivity (Wildman–Crippen MR) is 97.4 cm³/mol. The van der Waals surface area contributed by atoms with Gasteiger partial charge in [0.25, 0.3) is 0 Å². The number of benzene rings is 1. The Balaban J connectivity index is 0.00000225. The lowest BCUT2D eigenvalue weighted by Gasteiger charge is -2.15. The van der Waals surface area contributed by atoms with E-state index in [1.54, 1.807) is 18.5 Å². The van der Waals surface area contributed by atoms with E-state index in [1.807, 2.05) is 11.5 Å². The van der Waals surface area contributed by atoms with Gasteiger partial charge in [-0.15, -0.1) is 12.4 Å². The van der Waals surface area contributed by atoms with Gasteiger partial charge in [0.2, 0.25) is 0 Å². The average molecular weight is 407 g/mol. The monoisotopic (exact) mass is 406 g/mol. The highest BCUT2D eigenvalue weighted by atomic mass is 35.5. The van der Waals surface area contributed by atoms with Crippen LogP contribution in [0.5, 0.6) is 0 Å². The maximum Gasteiger partial charge on any atom is 0.317 e. The number of nitrogens with zero attached hydrogens (tertiary/aromatic N) is 2. The van der Waals surface area contributed by atoms with Crippen LogP contribution >= 0.6 is 34.0 Å². The third-order valence-electron chi connectivity index (χ3n) is 4.10. The molecular formula is C16H17ClF2N2O2S2. The van der Waals surface area contributed by atoms with Crippen LogP contribution in [0.4, 0.5) is 8.78 Å². The van der Waals surface area contributed by atoms with Crippen molar-refractivity contribution in [3.8, 4) is 0 Å². The molecule has 25 heavy (non-hydrogen) atoms. The van der Waals surface area contributed by atoms with Gasteiger partial charge in [-0.2, -0.15) is 0 Å². The van der Waals surface area contributed by atoms with Gasteiger partial charge in [0.1, 0.15) is 5.25 Å². The zero-order valence-corrected chi connectivity index (χ0v) is 15.8. The van der Waals surface area contributed by atoms with E-state index in [9.17, 15) is 13.6 Å². The SMILES string of the molecule is CCC(SSc1nccn1C1Cc2ccc(F)c(F)c2C1)C(=O)O.Cl. The minimum atomic E-state index is -0.848. The summed E-state index contributed by atoms with van der Waals surface area (Å²) in [7, 11) is 2.56. The van der Waals surface area contributed by atoms with Crippen molar-refractivity contribution in [2.75, 3.05) is 0 Å². The van der Waals surface area contributed by atoms with Gasteiger partial charge < -0.3 is 9.67 Å². The Hall–Kier alpha value is -1.25. The topological polar surface area (TPSA) is 55.1 Å². The van der Waals surface area contributed by atoms with Gasteiger partial charge in [-0.25, -0.2) is 13.8 Å². The third kappa shape index (κ3) is 4.12. The number of rotatable bonds is 6. The third-order valence-corrected chi connectivity index (χ3v) is 6.86. The standard InChI is InChI=1S/C16H16F2N2O2S2.ClH/c1-2-13(15(21)22)23-24-16-19-5-6-20(16)10-7-9-3-4-12(17)14(18)11(9)8-10;/h3-6,10,13H,2,7-8H2,1H3,(H,21,22);1H. The highest BCUT2D eigenvalue weighted by Gasteiger charge is 2.29. The number of carboxylic acid groups (broad SMARTS) is 1. The largest absolute Gasteiger partial charge is 0.480 e. The van der Waals surface area contributed by atoms with Gasteiger partial charge in [0.05, 0.1) is 0 Å². The van der Waals surface area contributed by atoms with E-state index in [0.29, 0.717) is 30.0 Å². The summed E-state index contributed by atoms with van der Waals surface area (Å²) in [4.78, 5) is 15.4. The van der Waals surface area contributed by atoms with E-state index in [4.69, 9.17) is 5.11 Å². The Morgan fingerprint density at radius 3 is 2.88 bits per heavy atom. The summed E-state index contributed by atoms with van der Waals surface area (Å²) >= 11 is 0. The molecule has 9 heteroatoms. The average Bonchev–Trinajstić information content (AvgIpc) is 3.17. The first-order chi connectivity index (χ1) is 11.5. The van der Waals surface area contributed by atoms with Crippen LogP contribution in [0.25, 0.3) is 0 Å². The number of hydrogen-bond donors (Lipinski definition) is 1. The second kappa shape index (κ2) is 8.42. The first-order valence-electron chi connectivity index (χ1n) is 7.56. The molecule has 4 nitrogen and oxygen atoms in total. The maximum absolute atomic E-state index is 13.9. The highest BCUT2D eigenvalue weighted by Crippen LogP contribution is 2.39. The van der Waals surface area contributed by atoms with Crippen LogP contribution in [0.2, 0.25) is 0 Å². The van der Waals surface area contributed by atoms with Crippen molar-refractivity contribution in [1.82, 2.24) is 9.55 Å². The Morgan fingerprint density at radius 2 is 2.20 bits per heavy atom. The number of carbonyl (C=O) groups is 1. The number of hydrogen-bond acceptors (Lipinski definition) is 4. The summed E-state index contributed by atoms with van der Waals surface area (Å²) in [5, 5.41) is 9.29. The van der Waals surface area contributed by atoms with Crippen molar-refractivity contribution in [1.29, 1.82) is 0 Å². The molecule has 2 atom stereocenters. The molecule has 1 aromatic carbocycles. The summed E-state index contributed by atoms with van der Waals surface area (Å²) in [5.74, 6) is -2.44. The van der Waals surface area contributed by atoms with E-state index in [0.717, 1.165) is 11.6 Å². The zero-order valence-electron chi connectivity index (χ0n) is 13.3. The number of fused-ring (bicyclic) bond motifs is 1. The molecule has 0 aliphatic heterocycles. The van der Waals surface area contributed by atoms with Crippen molar-refractivity contribution in [2.24, 2.45) is 0 Å². The summed E-state index contributed by atoms with van der Waals surface area (Å²) in [5.41, 5.74) is 1.24. The number of halogens is 3. The molecule has 0 saturated heterocycles. The van der Waals surface area contributed by atoms with E-state index >= 15 is 0 Å². The van der Waals surface area contributed by atoms with E-state index < -0.39 is 22.9 Å². The molecule has 136 valence electrons. The summed E-state index contributed by atoms with van der Waals surface area (Å²) in [6.45, 7) is 1.82. The molecule has 1 aromatic heterocycles. The smallest absolute Gasteiger partial charge is 0.317 e. The molecule has 0 radical (unpaired) electrons. The van der Waals surface area contributed by atoms with E-state index in [2.05, 4.69) is 4.98 Å². The van der Waals surface area contributed by atoms with Gasteiger partial charge in [-0.1, -0.05) is 23.8 Å². The van der Waals surface area contributed by atoms with Crippen LogP contribution in [0.15, 0.2) is 29.7 Å². The van der Waals surface area contributed by atoms with Crippen molar-refractivity contribution in [3.63, 3.8) is 0 Å². The van der Waals surface area contributed by atoms with E-state index in [1.165, 1.54) is 21.6 Å². The van der Waals surface area contributed by atoms with Gasteiger partial charge in [-0.05, 0) is 47.2 Å². The second-order valence-electron chi connectivity index (χ2n) is 5.59. The van der Waals surface area contributed by atoms with Crippen molar-refractivity contribution in [3.05, 3.63) is 47.3 Å². The van der Waals surface area contributed by atoms with Crippen LogP contribution in [-0.4, -0.2) is 25.9 Å². The van der Waals surface area contributed by atoms with Crippen molar-refractivity contribution >= 4 is 40.0 Å². The fraction of sp³-hybridized carbons (Fsp3) is 0.375. The Labute approximate surface area is 158 Å². The Morgan fingerprint density at radius 1 is 1.44 bits per heavy atom. The van der Waals surface area contributed by atoms with Crippen molar-refractivity contribution < 1.29 is 18.7 Å². The zero-order chi connectivity index (χ0) is 17.3. The molecule has 0 spiro atoms. The number of aromatic nitrogens is 2. The van der Waals surface area contributed by atoms with Crippen LogP contribution in [0.1, 0.15) is 30.5 Å². The maximum atomic E-state index is 13.9.